The van der Waals surface area contributed by atoms with E-state index in [0.717, 1.165) is 37.0 Å². The number of aryl methyl sites for hydroxylation is 1. The second kappa shape index (κ2) is 7.37. The molecule has 2 aliphatic rings. The minimum absolute atomic E-state index is 0.0707. The van der Waals surface area contributed by atoms with Crippen molar-refractivity contribution in [1.82, 2.24) is 9.29 Å². The van der Waals surface area contributed by atoms with Crippen molar-refractivity contribution in [3.05, 3.63) is 60.4 Å². The van der Waals surface area contributed by atoms with Crippen molar-refractivity contribution in [2.24, 2.45) is 0 Å². The van der Waals surface area contributed by atoms with Crippen molar-refractivity contribution >= 4 is 10.0 Å². The van der Waals surface area contributed by atoms with Crippen molar-refractivity contribution < 1.29 is 13.2 Å². The van der Waals surface area contributed by atoms with Crippen LogP contribution in [0.5, 0.6) is 5.75 Å². The number of rotatable bonds is 6. The standard InChI is InChI=1S/C20H24N2O3S/c23-26(24,13-10-16-4-2-1-3-5-16)22-17-6-7-18(22)15-20(14-17)25-19-8-11-21-12-9-19/h1-5,8-9,11-12,17-18,20H,6-7,10,13-15H2. The van der Waals surface area contributed by atoms with Gasteiger partial charge in [-0.2, -0.15) is 4.31 Å². The summed E-state index contributed by atoms with van der Waals surface area (Å²) in [5, 5.41) is 0. The smallest absolute Gasteiger partial charge is 0.214 e. The highest BCUT2D eigenvalue weighted by molar-refractivity contribution is 7.89. The van der Waals surface area contributed by atoms with Crippen molar-refractivity contribution in [2.75, 3.05) is 5.75 Å². The van der Waals surface area contributed by atoms with Gasteiger partial charge in [-0.25, -0.2) is 8.42 Å². The number of hydrogen-bond acceptors (Lipinski definition) is 4. The molecule has 138 valence electrons. The number of piperidine rings is 1. The number of nitrogens with zero attached hydrogens (tertiary/aromatic N) is 2. The summed E-state index contributed by atoms with van der Waals surface area (Å²) in [4.78, 5) is 4.00. The molecule has 0 spiro atoms. The molecule has 0 saturated carbocycles. The van der Waals surface area contributed by atoms with Gasteiger partial charge in [-0.1, -0.05) is 30.3 Å². The molecule has 0 N–H and O–H groups in total. The highest BCUT2D eigenvalue weighted by Gasteiger charge is 2.47. The van der Waals surface area contributed by atoms with Gasteiger partial charge in [0.2, 0.25) is 10.0 Å². The third kappa shape index (κ3) is 3.76. The molecular formula is C20H24N2O3S. The fourth-order valence-corrected chi connectivity index (χ4v) is 6.24. The highest BCUT2D eigenvalue weighted by atomic mass is 32.2. The van der Waals surface area contributed by atoms with Gasteiger partial charge >= 0.3 is 0 Å². The van der Waals surface area contributed by atoms with Crippen LogP contribution >= 0.6 is 0 Å². The van der Waals surface area contributed by atoms with Crippen LogP contribution in [0, 0.1) is 0 Å². The number of hydrogen-bond donors (Lipinski definition) is 0. The molecule has 0 amide bonds. The summed E-state index contributed by atoms with van der Waals surface area (Å²) in [7, 11) is -3.25. The Morgan fingerprint density at radius 1 is 1.00 bits per heavy atom. The Labute approximate surface area is 155 Å². The zero-order valence-corrected chi connectivity index (χ0v) is 15.5. The second-order valence-electron chi connectivity index (χ2n) is 7.16. The van der Waals surface area contributed by atoms with E-state index < -0.39 is 10.0 Å². The van der Waals surface area contributed by atoms with Crippen LogP contribution < -0.4 is 4.74 Å². The lowest BCUT2D eigenvalue weighted by atomic mass is 10.0. The van der Waals surface area contributed by atoms with Crippen LogP contribution in [0.2, 0.25) is 0 Å². The van der Waals surface area contributed by atoms with Gasteiger partial charge in [0.15, 0.2) is 0 Å². The van der Waals surface area contributed by atoms with Crippen LogP contribution in [0.25, 0.3) is 0 Å². The maximum Gasteiger partial charge on any atom is 0.214 e. The van der Waals surface area contributed by atoms with Crippen LogP contribution in [0.4, 0.5) is 0 Å². The number of ether oxygens (including phenoxy) is 1. The molecule has 2 atom stereocenters. The number of sulfonamides is 1. The SMILES string of the molecule is O=S(=O)(CCc1ccccc1)N1C2CCC1CC(Oc1ccncc1)C2. The minimum Gasteiger partial charge on any atom is -0.490 e. The zero-order chi connectivity index (χ0) is 18.0. The van der Waals surface area contributed by atoms with Gasteiger partial charge in [-0.3, -0.25) is 4.98 Å². The fraction of sp³-hybridized carbons (Fsp3) is 0.450. The van der Waals surface area contributed by atoms with Gasteiger partial charge < -0.3 is 4.74 Å². The molecule has 6 heteroatoms. The normalized spacial score (nSPS) is 25.9. The van der Waals surface area contributed by atoms with Gasteiger partial charge in [-0.05, 0) is 37.0 Å². The summed E-state index contributed by atoms with van der Waals surface area (Å²) >= 11 is 0. The van der Waals surface area contributed by atoms with Crippen LogP contribution in [0.15, 0.2) is 54.9 Å². The summed E-state index contributed by atoms with van der Waals surface area (Å²) in [5.74, 6) is 0.990. The lowest BCUT2D eigenvalue weighted by Crippen LogP contribution is -2.50. The largest absolute Gasteiger partial charge is 0.490 e. The van der Waals surface area contributed by atoms with E-state index in [1.807, 2.05) is 42.5 Å². The van der Waals surface area contributed by atoms with Crippen molar-refractivity contribution in [3.8, 4) is 5.75 Å². The summed E-state index contributed by atoms with van der Waals surface area (Å²) in [6.45, 7) is 0. The number of pyridine rings is 1. The molecular weight excluding hydrogens is 348 g/mol. The summed E-state index contributed by atoms with van der Waals surface area (Å²) in [6, 6.07) is 13.7. The Kier molecular flexibility index (Phi) is 4.96. The first-order valence-electron chi connectivity index (χ1n) is 9.23. The van der Waals surface area contributed by atoms with E-state index in [1.54, 1.807) is 16.7 Å². The average Bonchev–Trinajstić information content (AvgIpc) is 2.94. The van der Waals surface area contributed by atoms with E-state index in [1.165, 1.54) is 0 Å². The molecule has 3 heterocycles. The first-order valence-corrected chi connectivity index (χ1v) is 10.8. The van der Waals surface area contributed by atoms with Gasteiger partial charge in [0.25, 0.3) is 0 Å². The molecule has 0 radical (unpaired) electrons. The summed E-state index contributed by atoms with van der Waals surface area (Å²) < 4.78 is 33.8. The zero-order valence-electron chi connectivity index (χ0n) is 14.7. The molecule has 1 aromatic carbocycles. The predicted molar refractivity (Wildman–Crippen MR) is 100 cm³/mol. The Hall–Kier alpha value is -1.92. The first-order chi connectivity index (χ1) is 12.6. The lowest BCUT2D eigenvalue weighted by molar-refractivity contribution is 0.0956. The molecule has 2 aliphatic heterocycles. The van der Waals surface area contributed by atoms with E-state index >= 15 is 0 Å². The quantitative estimate of drug-likeness (QED) is 0.782. The molecule has 2 fully saturated rings. The predicted octanol–water partition coefficient (Wildman–Crippen LogP) is 3.03. The van der Waals surface area contributed by atoms with Crippen LogP contribution in [0.1, 0.15) is 31.2 Å². The van der Waals surface area contributed by atoms with Gasteiger partial charge in [0.1, 0.15) is 11.9 Å². The molecule has 4 rings (SSSR count). The van der Waals surface area contributed by atoms with E-state index in [9.17, 15) is 8.42 Å². The first kappa shape index (κ1) is 17.5. The maximum atomic E-state index is 13.0. The summed E-state index contributed by atoms with van der Waals surface area (Å²) in [5.41, 5.74) is 1.07. The molecule has 2 aromatic rings. The molecule has 2 bridgehead atoms. The van der Waals surface area contributed by atoms with Gasteiger partial charge in [0.05, 0.1) is 5.75 Å². The summed E-state index contributed by atoms with van der Waals surface area (Å²) in [6.07, 6.45) is 7.48. The Morgan fingerprint density at radius 3 is 2.31 bits per heavy atom. The number of fused-ring (bicyclic) bond motifs is 2. The monoisotopic (exact) mass is 372 g/mol. The van der Waals surface area contributed by atoms with Gasteiger partial charge in [-0.15, -0.1) is 0 Å². The van der Waals surface area contributed by atoms with Crippen LogP contribution in [0.3, 0.4) is 0 Å². The van der Waals surface area contributed by atoms with Crippen LogP contribution in [-0.4, -0.2) is 41.6 Å². The second-order valence-corrected chi connectivity index (χ2v) is 9.15. The molecule has 2 saturated heterocycles. The Balaban J connectivity index is 1.41. The number of aromatic nitrogens is 1. The molecule has 0 aliphatic carbocycles. The molecule has 1 aromatic heterocycles. The Morgan fingerprint density at radius 2 is 1.65 bits per heavy atom. The third-order valence-corrected chi connectivity index (χ3v) is 7.35. The third-order valence-electron chi connectivity index (χ3n) is 5.39. The lowest BCUT2D eigenvalue weighted by Gasteiger charge is -2.37. The topological polar surface area (TPSA) is 59.5 Å². The fourth-order valence-electron chi connectivity index (χ4n) is 4.24. The van der Waals surface area contributed by atoms with Crippen molar-refractivity contribution in [1.29, 1.82) is 0 Å². The average molecular weight is 372 g/mol. The van der Waals surface area contributed by atoms with Crippen molar-refractivity contribution in [3.63, 3.8) is 0 Å². The van der Waals surface area contributed by atoms with Gasteiger partial charge in [0, 0.05) is 37.3 Å². The van der Waals surface area contributed by atoms with E-state index in [-0.39, 0.29) is 23.9 Å². The molecule has 5 nitrogen and oxygen atoms in total. The molecule has 2 unspecified atom stereocenters. The minimum atomic E-state index is -3.25. The number of benzene rings is 1. The highest BCUT2D eigenvalue weighted by Crippen LogP contribution is 2.39. The van der Waals surface area contributed by atoms with E-state index in [4.69, 9.17) is 4.74 Å². The van der Waals surface area contributed by atoms with E-state index in [2.05, 4.69) is 4.98 Å². The van der Waals surface area contributed by atoms with Crippen LogP contribution in [-0.2, 0) is 16.4 Å². The van der Waals surface area contributed by atoms with Crippen molar-refractivity contribution in [2.45, 2.75) is 50.3 Å². The Bertz CT molecular complexity index is 813. The molecule has 26 heavy (non-hydrogen) atoms. The van der Waals surface area contributed by atoms with E-state index in [0.29, 0.717) is 6.42 Å². The maximum absolute atomic E-state index is 13.0.